The zero-order valence-corrected chi connectivity index (χ0v) is 18.5. The van der Waals surface area contributed by atoms with Gasteiger partial charge in [0, 0.05) is 11.6 Å². The number of halogens is 2. The second-order valence-corrected chi connectivity index (χ2v) is 7.85. The molecule has 2 aromatic rings. The Labute approximate surface area is 174 Å². The van der Waals surface area contributed by atoms with Gasteiger partial charge in [-0.1, -0.05) is 26.7 Å². The summed E-state index contributed by atoms with van der Waals surface area (Å²) in [6.45, 7) is 4.06. The predicted molar refractivity (Wildman–Crippen MR) is 110 cm³/mol. The number of ether oxygens (including phenoxy) is 3. The van der Waals surface area contributed by atoms with Gasteiger partial charge in [-0.2, -0.15) is 0 Å². The van der Waals surface area contributed by atoms with Gasteiger partial charge in [0.1, 0.15) is 21.5 Å². The van der Waals surface area contributed by atoms with Gasteiger partial charge in [-0.05, 0) is 56.3 Å². The van der Waals surface area contributed by atoms with E-state index in [4.69, 9.17) is 14.2 Å². The Hall–Kier alpha value is -1.73. The molecule has 2 aromatic carbocycles. The van der Waals surface area contributed by atoms with Crippen molar-refractivity contribution in [1.82, 2.24) is 0 Å². The van der Waals surface area contributed by atoms with Gasteiger partial charge in [0.15, 0.2) is 17.2 Å². The first-order valence-electron chi connectivity index (χ1n) is 8.76. The fourth-order valence-corrected chi connectivity index (χ4v) is 4.21. The van der Waals surface area contributed by atoms with Gasteiger partial charge >= 0.3 is 5.97 Å². The lowest BCUT2D eigenvalue weighted by Crippen LogP contribution is -2.11. The van der Waals surface area contributed by atoms with E-state index >= 15 is 0 Å². The number of rotatable bonds is 5. The fourth-order valence-electron chi connectivity index (χ4n) is 3.17. The molecule has 3 rings (SSSR count). The summed E-state index contributed by atoms with van der Waals surface area (Å²) >= 11 is 6.92. The summed E-state index contributed by atoms with van der Waals surface area (Å²) in [6, 6.07) is 3.21. The molecule has 0 bridgehead atoms. The number of carbonyl (C=O) groups excluding carboxylic acids is 1. The molecule has 1 aliphatic heterocycles. The summed E-state index contributed by atoms with van der Waals surface area (Å²) in [5.74, 6) is 1.10. The number of methoxy groups -OCH3 is 1. The van der Waals surface area contributed by atoms with Crippen molar-refractivity contribution in [2.75, 3.05) is 7.11 Å². The van der Waals surface area contributed by atoms with Crippen LogP contribution < -0.4 is 14.2 Å². The maximum atomic E-state index is 12.9. The van der Waals surface area contributed by atoms with Crippen LogP contribution >= 0.6 is 31.9 Å². The lowest BCUT2D eigenvalue weighted by Gasteiger charge is -2.17. The molecule has 0 saturated heterocycles. The van der Waals surface area contributed by atoms with Crippen LogP contribution in [-0.2, 0) is 12.8 Å². The van der Waals surface area contributed by atoms with E-state index in [9.17, 15) is 9.90 Å². The van der Waals surface area contributed by atoms with Gasteiger partial charge in [0.2, 0.25) is 0 Å². The van der Waals surface area contributed by atoms with Gasteiger partial charge in [-0.25, -0.2) is 4.79 Å². The van der Waals surface area contributed by atoms with Crippen LogP contribution in [0.5, 0.6) is 28.7 Å². The third-order valence-electron chi connectivity index (χ3n) is 4.37. The molecule has 1 heterocycles. The average Bonchev–Trinajstić information content (AvgIpc) is 2.78. The first kappa shape index (κ1) is 20.0. The summed E-state index contributed by atoms with van der Waals surface area (Å²) in [5, 5.41) is 10.3. The minimum atomic E-state index is -0.514. The topological polar surface area (TPSA) is 65.0 Å². The lowest BCUT2D eigenvalue weighted by molar-refractivity contribution is 0.0736. The molecule has 27 heavy (non-hydrogen) atoms. The molecule has 0 radical (unpaired) electrons. The Balaban J connectivity index is 2.29. The predicted octanol–water partition coefficient (Wildman–Crippen LogP) is 6.16. The number of esters is 1. The molecule has 0 saturated carbocycles. The van der Waals surface area contributed by atoms with Crippen molar-refractivity contribution in [2.24, 2.45) is 0 Å². The van der Waals surface area contributed by atoms with Crippen molar-refractivity contribution in [3.8, 4) is 28.7 Å². The van der Waals surface area contributed by atoms with E-state index in [2.05, 4.69) is 38.8 Å². The number of carbonyl (C=O) groups is 1. The van der Waals surface area contributed by atoms with Gasteiger partial charge in [-0.15, -0.1) is 0 Å². The number of aromatic hydroxyl groups is 1. The maximum absolute atomic E-state index is 12.9. The summed E-state index contributed by atoms with van der Waals surface area (Å²) in [4.78, 5) is 12.9. The molecule has 1 aliphatic rings. The highest BCUT2D eigenvalue weighted by atomic mass is 79.9. The van der Waals surface area contributed by atoms with Crippen LogP contribution in [-0.4, -0.2) is 18.2 Å². The highest BCUT2D eigenvalue weighted by molar-refractivity contribution is 9.11. The second kappa shape index (κ2) is 8.10. The largest absolute Gasteiger partial charge is 0.507 e. The SMILES string of the molecule is CCCc1cc(O)c(Br)c2c1C(=O)Oc1cc(OC)c(Br)c(CCC)c1O2. The van der Waals surface area contributed by atoms with Crippen molar-refractivity contribution < 1.29 is 24.1 Å². The van der Waals surface area contributed by atoms with Crippen molar-refractivity contribution >= 4 is 37.8 Å². The van der Waals surface area contributed by atoms with Crippen molar-refractivity contribution in [3.63, 3.8) is 0 Å². The van der Waals surface area contributed by atoms with E-state index in [1.807, 2.05) is 6.92 Å². The molecule has 1 N–H and O–H groups in total. The lowest BCUT2D eigenvalue weighted by atomic mass is 10.0. The summed E-state index contributed by atoms with van der Waals surface area (Å²) in [5.41, 5.74) is 1.86. The summed E-state index contributed by atoms with van der Waals surface area (Å²) in [7, 11) is 1.56. The molecule has 0 atom stereocenters. The fraction of sp³-hybridized carbons (Fsp3) is 0.350. The van der Waals surface area contributed by atoms with Crippen molar-refractivity contribution in [2.45, 2.75) is 39.5 Å². The van der Waals surface area contributed by atoms with Crippen LogP contribution in [0.2, 0.25) is 0 Å². The van der Waals surface area contributed by atoms with E-state index in [-0.39, 0.29) is 11.5 Å². The Morgan fingerprint density at radius 2 is 1.74 bits per heavy atom. The number of phenolic OH excluding ortho intramolecular Hbond substituents is 1. The second-order valence-electron chi connectivity index (χ2n) is 6.26. The molecule has 0 aromatic heterocycles. The number of hydrogen-bond acceptors (Lipinski definition) is 5. The quantitative estimate of drug-likeness (QED) is 0.394. The van der Waals surface area contributed by atoms with Gasteiger partial charge in [0.25, 0.3) is 0 Å². The average molecular weight is 500 g/mol. The minimum Gasteiger partial charge on any atom is -0.507 e. The molecule has 7 heteroatoms. The number of fused-ring (bicyclic) bond motifs is 2. The molecule has 0 aliphatic carbocycles. The Kier molecular flexibility index (Phi) is 6.01. The van der Waals surface area contributed by atoms with Crippen molar-refractivity contribution in [1.29, 1.82) is 0 Å². The summed E-state index contributed by atoms with van der Waals surface area (Å²) in [6.07, 6.45) is 3.00. The maximum Gasteiger partial charge on any atom is 0.347 e. The first-order chi connectivity index (χ1) is 12.9. The highest BCUT2D eigenvalue weighted by Crippen LogP contribution is 2.51. The molecule has 5 nitrogen and oxygen atoms in total. The Morgan fingerprint density at radius 1 is 1.04 bits per heavy atom. The number of phenols is 1. The van der Waals surface area contributed by atoms with E-state index in [1.165, 1.54) is 0 Å². The van der Waals surface area contributed by atoms with Crippen LogP contribution in [0.3, 0.4) is 0 Å². The molecule has 0 unspecified atom stereocenters. The number of benzene rings is 2. The standard InChI is InChI=1S/C20H20Br2O5/c1-4-6-10-8-12(23)17(22)19-15(10)20(24)26-14-9-13(25-3)16(21)11(7-5-2)18(14)27-19/h8-9,23H,4-7H2,1-3H3. The van der Waals surface area contributed by atoms with Crippen LogP contribution in [0.25, 0.3) is 0 Å². The van der Waals surface area contributed by atoms with Gasteiger partial charge < -0.3 is 19.3 Å². The Morgan fingerprint density at radius 3 is 2.37 bits per heavy atom. The summed E-state index contributed by atoms with van der Waals surface area (Å²) < 4.78 is 18.4. The number of aryl methyl sites for hydroxylation is 1. The number of hydrogen-bond donors (Lipinski definition) is 1. The molecule has 0 amide bonds. The van der Waals surface area contributed by atoms with Crippen molar-refractivity contribution in [3.05, 3.63) is 37.8 Å². The molecule has 0 fully saturated rings. The smallest absolute Gasteiger partial charge is 0.347 e. The van der Waals surface area contributed by atoms with E-state index in [0.29, 0.717) is 45.7 Å². The van der Waals surface area contributed by atoms with Gasteiger partial charge in [-0.3, -0.25) is 0 Å². The van der Waals surface area contributed by atoms with E-state index in [1.54, 1.807) is 19.2 Å². The van der Waals surface area contributed by atoms with Crippen LogP contribution in [0.15, 0.2) is 21.1 Å². The minimum absolute atomic E-state index is 0.0260. The highest BCUT2D eigenvalue weighted by Gasteiger charge is 2.32. The van der Waals surface area contributed by atoms with Crippen LogP contribution in [0.4, 0.5) is 0 Å². The monoisotopic (exact) mass is 498 g/mol. The molecule has 0 spiro atoms. The van der Waals surface area contributed by atoms with Gasteiger partial charge in [0.05, 0.1) is 11.6 Å². The van der Waals surface area contributed by atoms with Crippen LogP contribution in [0.1, 0.15) is 48.2 Å². The molecule has 144 valence electrons. The zero-order chi connectivity index (χ0) is 19.7. The van der Waals surface area contributed by atoms with Crippen LogP contribution in [0, 0.1) is 0 Å². The first-order valence-corrected chi connectivity index (χ1v) is 10.3. The third-order valence-corrected chi connectivity index (χ3v) is 6.01. The third kappa shape index (κ3) is 3.55. The zero-order valence-electron chi connectivity index (χ0n) is 15.3. The molecular weight excluding hydrogens is 480 g/mol. The van der Waals surface area contributed by atoms with E-state index in [0.717, 1.165) is 22.9 Å². The molecular formula is C20H20Br2O5. The Bertz CT molecular complexity index is 908. The normalized spacial score (nSPS) is 12.6. The van der Waals surface area contributed by atoms with E-state index < -0.39 is 5.97 Å².